The first-order chi connectivity index (χ1) is 16.1. The first kappa shape index (κ1) is 20.9. The molecule has 2 unspecified atom stereocenters. The van der Waals surface area contributed by atoms with E-state index in [1.807, 2.05) is 48.5 Å². The van der Waals surface area contributed by atoms with E-state index in [4.69, 9.17) is 14.2 Å². The van der Waals surface area contributed by atoms with Gasteiger partial charge in [-0.05, 0) is 23.3 Å². The summed E-state index contributed by atoms with van der Waals surface area (Å²) in [7, 11) is 1.32. The number of urea groups is 1. The smallest absolute Gasteiger partial charge is 0.328 e. The van der Waals surface area contributed by atoms with E-state index in [9.17, 15) is 9.59 Å². The molecule has 5 rings (SSSR count). The quantitative estimate of drug-likeness (QED) is 0.581. The van der Waals surface area contributed by atoms with Crippen molar-refractivity contribution in [2.45, 2.75) is 24.9 Å². The van der Waals surface area contributed by atoms with Crippen LogP contribution in [0.5, 0.6) is 11.5 Å². The second-order valence-electron chi connectivity index (χ2n) is 7.94. The fourth-order valence-corrected chi connectivity index (χ4v) is 4.33. The third kappa shape index (κ3) is 4.09. The molecular formula is C24H24N4O5. The number of fused-ring (bicyclic) bond motifs is 2. The SMILES string of the molecule is COC(=O)C(Cc1ccccc1)NC(=O)N1CCc2[nH]cnc2C1c1ccc2c(c1)OCO2. The Labute approximate surface area is 190 Å². The number of rotatable bonds is 5. The second-order valence-corrected chi connectivity index (χ2v) is 7.94. The number of nitrogens with zero attached hydrogens (tertiary/aromatic N) is 2. The van der Waals surface area contributed by atoms with Crippen molar-refractivity contribution in [3.8, 4) is 11.5 Å². The molecule has 0 fully saturated rings. The summed E-state index contributed by atoms with van der Waals surface area (Å²) >= 11 is 0. The van der Waals surface area contributed by atoms with Gasteiger partial charge in [0.25, 0.3) is 0 Å². The predicted octanol–water partition coefficient (Wildman–Crippen LogP) is 2.58. The van der Waals surface area contributed by atoms with Crippen LogP contribution in [0, 0.1) is 0 Å². The molecule has 1 aromatic heterocycles. The number of imidazole rings is 1. The molecule has 0 bridgehead atoms. The first-order valence-electron chi connectivity index (χ1n) is 10.7. The number of methoxy groups -OCH3 is 1. The molecular weight excluding hydrogens is 424 g/mol. The molecule has 0 aliphatic carbocycles. The van der Waals surface area contributed by atoms with Crippen LogP contribution in [0.2, 0.25) is 0 Å². The summed E-state index contributed by atoms with van der Waals surface area (Å²) in [6.07, 6.45) is 2.60. The molecule has 0 saturated carbocycles. The van der Waals surface area contributed by atoms with Crippen LogP contribution in [-0.2, 0) is 22.4 Å². The molecule has 2 aliphatic rings. The van der Waals surface area contributed by atoms with Crippen LogP contribution in [-0.4, -0.2) is 53.4 Å². The van der Waals surface area contributed by atoms with Crippen LogP contribution in [0.4, 0.5) is 4.79 Å². The molecule has 0 spiro atoms. The highest BCUT2D eigenvalue weighted by Crippen LogP contribution is 2.39. The van der Waals surface area contributed by atoms with Crippen molar-refractivity contribution >= 4 is 12.0 Å². The van der Waals surface area contributed by atoms with Gasteiger partial charge in [-0.25, -0.2) is 14.6 Å². The minimum atomic E-state index is -0.817. The van der Waals surface area contributed by atoms with Gasteiger partial charge >= 0.3 is 12.0 Å². The highest BCUT2D eigenvalue weighted by molar-refractivity contribution is 5.84. The number of hydrogen-bond donors (Lipinski definition) is 2. The molecule has 3 heterocycles. The standard InChI is InChI=1S/C24H24N4O5/c1-31-23(29)18(11-15-5-3-2-4-6-15)27-24(30)28-10-9-17-21(26-13-25-17)22(28)16-7-8-19-20(12-16)33-14-32-19/h2-8,12-13,18,22H,9-11,14H2,1H3,(H,25,26)(H,27,30). The van der Waals surface area contributed by atoms with Crippen molar-refractivity contribution in [2.24, 2.45) is 0 Å². The first-order valence-corrected chi connectivity index (χ1v) is 10.7. The lowest BCUT2D eigenvalue weighted by atomic mass is 9.95. The third-order valence-electron chi connectivity index (χ3n) is 5.96. The van der Waals surface area contributed by atoms with Crippen LogP contribution in [0.15, 0.2) is 54.9 Å². The average Bonchev–Trinajstić information content (AvgIpc) is 3.52. The number of amides is 2. The largest absolute Gasteiger partial charge is 0.467 e. The van der Waals surface area contributed by atoms with Gasteiger partial charge in [0.2, 0.25) is 6.79 Å². The molecule has 170 valence electrons. The minimum absolute atomic E-state index is 0.168. The van der Waals surface area contributed by atoms with Crippen molar-refractivity contribution in [2.75, 3.05) is 20.4 Å². The number of ether oxygens (including phenoxy) is 3. The molecule has 3 aromatic rings. The summed E-state index contributed by atoms with van der Waals surface area (Å²) in [5, 5.41) is 2.88. The Bertz CT molecular complexity index is 1160. The highest BCUT2D eigenvalue weighted by atomic mass is 16.7. The number of H-pyrrole nitrogens is 1. The van der Waals surface area contributed by atoms with E-state index >= 15 is 0 Å². The number of nitrogens with one attached hydrogen (secondary N) is 2. The topological polar surface area (TPSA) is 106 Å². The zero-order valence-corrected chi connectivity index (χ0v) is 18.1. The van der Waals surface area contributed by atoms with Gasteiger partial charge in [0.15, 0.2) is 11.5 Å². The summed E-state index contributed by atoms with van der Waals surface area (Å²) in [4.78, 5) is 35.3. The summed E-state index contributed by atoms with van der Waals surface area (Å²) in [5.41, 5.74) is 3.53. The second kappa shape index (κ2) is 8.85. The lowest BCUT2D eigenvalue weighted by molar-refractivity contribution is -0.142. The number of esters is 1. The summed E-state index contributed by atoms with van der Waals surface area (Å²) < 4.78 is 15.9. The summed E-state index contributed by atoms with van der Waals surface area (Å²) in [5.74, 6) is 0.803. The lowest BCUT2D eigenvalue weighted by Crippen LogP contribution is -2.52. The molecule has 2 aliphatic heterocycles. The number of carbonyl (C=O) groups excluding carboxylic acids is 2. The molecule has 2 atom stereocenters. The molecule has 2 amide bonds. The van der Waals surface area contributed by atoms with Crippen molar-refractivity contribution in [3.63, 3.8) is 0 Å². The van der Waals surface area contributed by atoms with E-state index in [0.29, 0.717) is 30.9 Å². The van der Waals surface area contributed by atoms with E-state index in [1.54, 1.807) is 11.2 Å². The van der Waals surface area contributed by atoms with Gasteiger partial charge in [-0.15, -0.1) is 0 Å². The monoisotopic (exact) mass is 448 g/mol. The number of hydrogen-bond acceptors (Lipinski definition) is 6. The van der Waals surface area contributed by atoms with E-state index < -0.39 is 18.1 Å². The van der Waals surface area contributed by atoms with Crippen molar-refractivity contribution < 1.29 is 23.8 Å². The fraction of sp³-hybridized carbons (Fsp3) is 0.292. The van der Waals surface area contributed by atoms with Gasteiger partial charge in [-0.1, -0.05) is 36.4 Å². The van der Waals surface area contributed by atoms with Gasteiger partial charge in [0, 0.05) is 25.1 Å². The summed E-state index contributed by atoms with van der Waals surface area (Å²) in [6.45, 7) is 0.626. The molecule has 9 heteroatoms. The maximum atomic E-state index is 13.5. The lowest BCUT2D eigenvalue weighted by Gasteiger charge is -2.36. The Balaban J connectivity index is 1.43. The number of aromatic amines is 1. The molecule has 33 heavy (non-hydrogen) atoms. The number of benzene rings is 2. The van der Waals surface area contributed by atoms with E-state index in [-0.39, 0.29) is 12.8 Å². The van der Waals surface area contributed by atoms with E-state index in [0.717, 1.165) is 22.5 Å². The van der Waals surface area contributed by atoms with E-state index in [2.05, 4.69) is 15.3 Å². The van der Waals surface area contributed by atoms with Gasteiger partial charge in [0.05, 0.1) is 19.1 Å². The van der Waals surface area contributed by atoms with Crippen LogP contribution < -0.4 is 14.8 Å². The van der Waals surface area contributed by atoms with Crippen LogP contribution in [0.25, 0.3) is 0 Å². The maximum Gasteiger partial charge on any atom is 0.328 e. The Morgan fingerprint density at radius 3 is 2.85 bits per heavy atom. The van der Waals surface area contributed by atoms with Crippen LogP contribution >= 0.6 is 0 Å². The zero-order valence-electron chi connectivity index (χ0n) is 18.1. The maximum absolute atomic E-state index is 13.5. The molecule has 9 nitrogen and oxygen atoms in total. The minimum Gasteiger partial charge on any atom is -0.467 e. The van der Waals surface area contributed by atoms with Gasteiger partial charge < -0.3 is 29.4 Å². The predicted molar refractivity (Wildman–Crippen MR) is 118 cm³/mol. The highest BCUT2D eigenvalue weighted by Gasteiger charge is 2.36. The van der Waals surface area contributed by atoms with Crippen molar-refractivity contribution in [1.82, 2.24) is 20.2 Å². The molecule has 0 radical (unpaired) electrons. The Morgan fingerprint density at radius 2 is 2.03 bits per heavy atom. The summed E-state index contributed by atoms with van der Waals surface area (Å²) in [6, 6.07) is 13.5. The van der Waals surface area contributed by atoms with Gasteiger partial charge in [0.1, 0.15) is 12.1 Å². The fourth-order valence-electron chi connectivity index (χ4n) is 4.33. The van der Waals surface area contributed by atoms with Crippen molar-refractivity contribution in [3.05, 3.63) is 77.4 Å². The van der Waals surface area contributed by atoms with Crippen LogP contribution in [0.3, 0.4) is 0 Å². The average molecular weight is 448 g/mol. The van der Waals surface area contributed by atoms with Crippen molar-refractivity contribution in [1.29, 1.82) is 0 Å². The molecule has 2 N–H and O–H groups in total. The normalized spacial score (nSPS) is 17.2. The number of carbonyl (C=O) groups is 2. The number of aromatic nitrogens is 2. The van der Waals surface area contributed by atoms with Gasteiger partial charge in [-0.3, -0.25) is 0 Å². The molecule has 0 saturated heterocycles. The van der Waals surface area contributed by atoms with Gasteiger partial charge in [-0.2, -0.15) is 0 Å². The Kier molecular flexibility index (Phi) is 5.60. The Hall–Kier alpha value is -4.01. The van der Waals surface area contributed by atoms with E-state index in [1.165, 1.54) is 7.11 Å². The molecule has 2 aromatic carbocycles. The zero-order chi connectivity index (χ0) is 22.8. The Morgan fingerprint density at radius 1 is 1.21 bits per heavy atom. The van der Waals surface area contributed by atoms with Crippen LogP contribution in [0.1, 0.15) is 28.6 Å². The third-order valence-corrected chi connectivity index (χ3v) is 5.96.